The zero-order chi connectivity index (χ0) is 35.7. The molecule has 1 unspecified atom stereocenters. The quantitative estimate of drug-likeness (QED) is 0.116. The SMILES string of the molecule is CCNC(=O)Nc1cc(-c2nc(C(F)(F)F)cs2)c(-c2cncc(-c3nnc(C(CC4c5ccccc5-c5ccccc54)NC(=O)O)o3)c2)cn1. The van der Waals surface area contributed by atoms with Gasteiger partial charge in [0.1, 0.15) is 16.9 Å². The number of benzene rings is 2. The molecule has 1 aliphatic carbocycles. The van der Waals surface area contributed by atoms with Crippen LogP contribution in [-0.2, 0) is 6.18 Å². The van der Waals surface area contributed by atoms with Gasteiger partial charge in [-0.2, -0.15) is 13.2 Å². The molecule has 3 amide bonds. The van der Waals surface area contributed by atoms with Crippen LogP contribution in [0.4, 0.5) is 28.6 Å². The van der Waals surface area contributed by atoms with E-state index in [0.29, 0.717) is 29.7 Å². The Kier molecular flexibility index (Phi) is 8.91. The van der Waals surface area contributed by atoms with Crippen LogP contribution < -0.4 is 16.0 Å². The average molecular weight is 713 g/mol. The highest BCUT2D eigenvalue weighted by atomic mass is 32.1. The van der Waals surface area contributed by atoms with Gasteiger partial charge in [-0.25, -0.2) is 19.6 Å². The Labute approximate surface area is 291 Å². The van der Waals surface area contributed by atoms with E-state index >= 15 is 0 Å². The molecule has 6 aromatic rings. The molecule has 0 saturated heterocycles. The molecule has 0 radical (unpaired) electrons. The van der Waals surface area contributed by atoms with E-state index in [2.05, 4.69) is 41.1 Å². The highest BCUT2D eigenvalue weighted by molar-refractivity contribution is 7.13. The third kappa shape index (κ3) is 6.85. The van der Waals surface area contributed by atoms with Gasteiger partial charge in [0.2, 0.25) is 11.8 Å². The van der Waals surface area contributed by atoms with Crippen LogP contribution in [0.3, 0.4) is 0 Å². The zero-order valence-corrected chi connectivity index (χ0v) is 27.4. The van der Waals surface area contributed by atoms with Gasteiger partial charge in [-0.3, -0.25) is 10.3 Å². The van der Waals surface area contributed by atoms with Crippen LogP contribution >= 0.6 is 11.3 Å². The summed E-state index contributed by atoms with van der Waals surface area (Å²) in [5.41, 5.74) is 4.67. The maximum absolute atomic E-state index is 13.5. The molecule has 7 rings (SSSR count). The number of carbonyl (C=O) groups excluding carboxylic acids is 1. The van der Waals surface area contributed by atoms with Crippen LogP contribution in [0.5, 0.6) is 0 Å². The first-order chi connectivity index (χ1) is 24.6. The van der Waals surface area contributed by atoms with Crippen molar-refractivity contribution in [1.29, 1.82) is 0 Å². The monoisotopic (exact) mass is 712 g/mol. The van der Waals surface area contributed by atoms with Crippen molar-refractivity contribution < 1.29 is 32.3 Å². The van der Waals surface area contributed by atoms with Crippen molar-refractivity contribution in [2.75, 3.05) is 11.9 Å². The number of halogens is 3. The van der Waals surface area contributed by atoms with E-state index in [1.165, 1.54) is 24.7 Å². The maximum Gasteiger partial charge on any atom is 0.434 e. The summed E-state index contributed by atoms with van der Waals surface area (Å²) in [5.74, 6) is 0.0417. The largest absolute Gasteiger partial charge is 0.465 e. The fraction of sp³-hybridized carbons (Fsp3) is 0.171. The van der Waals surface area contributed by atoms with Crippen molar-refractivity contribution >= 4 is 29.3 Å². The minimum atomic E-state index is -4.65. The van der Waals surface area contributed by atoms with Gasteiger partial charge in [0, 0.05) is 53.1 Å². The lowest BCUT2D eigenvalue weighted by molar-refractivity contribution is -0.140. The molecule has 1 aliphatic rings. The predicted molar refractivity (Wildman–Crippen MR) is 182 cm³/mol. The number of rotatable bonds is 9. The molecule has 16 heteroatoms. The number of hydrogen-bond donors (Lipinski definition) is 4. The number of alkyl halides is 3. The Balaban J connectivity index is 1.22. The molecule has 51 heavy (non-hydrogen) atoms. The molecule has 1 atom stereocenters. The van der Waals surface area contributed by atoms with Crippen LogP contribution in [0, 0.1) is 0 Å². The Morgan fingerprint density at radius 1 is 0.941 bits per heavy atom. The summed E-state index contributed by atoms with van der Waals surface area (Å²) in [5, 5.41) is 26.8. The van der Waals surface area contributed by atoms with E-state index in [1.54, 1.807) is 13.0 Å². The predicted octanol–water partition coefficient (Wildman–Crippen LogP) is 7.99. The smallest absolute Gasteiger partial charge is 0.434 e. The molecule has 0 spiro atoms. The molecule has 4 N–H and O–H groups in total. The van der Waals surface area contributed by atoms with Crippen molar-refractivity contribution in [1.82, 2.24) is 35.8 Å². The van der Waals surface area contributed by atoms with Gasteiger partial charge in [-0.15, -0.1) is 21.5 Å². The fourth-order valence-electron chi connectivity index (χ4n) is 6.10. The lowest BCUT2D eigenvalue weighted by Crippen LogP contribution is -2.28. The standard InChI is InChI=1S/C35H27F3N8O4S/c1-2-40-33(47)44-29-13-25(32-43-28(17-51-32)35(36,37)38)26(16-41-29)18-11-19(15-39-14-18)30-45-46-31(50-30)27(42-34(48)49)12-24-22-9-5-3-7-20(22)21-8-4-6-10-23(21)24/h3-11,13-17,24,27,42H,2,12H2,1H3,(H,48,49)(H2,40,41,44,47). The summed E-state index contributed by atoms with van der Waals surface area (Å²) in [6.07, 6.45) is -1.26. The van der Waals surface area contributed by atoms with E-state index in [9.17, 15) is 27.9 Å². The summed E-state index contributed by atoms with van der Waals surface area (Å²) in [6, 6.07) is 17.6. The second kappa shape index (κ2) is 13.6. The van der Waals surface area contributed by atoms with Gasteiger partial charge in [0.15, 0.2) is 5.69 Å². The van der Waals surface area contributed by atoms with Crippen LogP contribution in [0.15, 0.2) is 89.1 Å². The first kappa shape index (κ1) is 33.3. The first-order valence-electron chi connectivity index (χ1n) is 15.6. The Morgan fingerprint density at radius 2 is 1.65 bits per heavy atom. The molecule has 0 saturated carbocycles. The number of carboxylic acid groups (broad SMARTS) is 1. The Morgan fingerprint density at radius 3 is 2.31 bits per heavy atom. The van der Waals surface area contributed by atoms with E-state index in [1.807, 2.05) is 48.5 Å². The Bertz CT molecular complexity index is 2210. The minimum absolute atomic E-state index is 0.0430. The van der Waals surface area contributed by atoms with Crippen molar-refractivity contribution in [3.63, 3.8) is 0 Å². The van der Waals surface area contributed by atoms with Gasteiger partial charge in [-0.05, 0) is 47.7 Å². The molecule has 258 valence electrons. The molecule has 0 aliphatic heterocycles. The molecular weight excluding hydrogens is 685 g/mol. The Hall–Kier alpha value is -6.16. The van der Waals surface area contributed by atoms with Crippen molar-refractivity contribution in [2.24, 2.45) is 0 Å². The summed E-state index contributed by atoms with van der Waals surface area (Å²) < 4.78 is 46.5. The topological polar surface area (TPSA) is 168 Å². The number of anilines is 1. The van der Waals surface area contributed by atoms with Crippen LogP contribution in [0.25, 0.3) is 44.3 Å². The number of carbonyl (C=O) groups is 2. The van der Waals surface area contributed by atoms with Crippen molar-refractivity contribution in [3.05, 3.63) is 107 Å². The molecule has 4 heterocycles. The molecule has 2 aromatic carbocycles. The first-order valence-corrected chi connectivity index (χ1v) is 16.5. The number of nitrogens with one attached hydrogen (secondary N) is 3. The second-order valence-corrected chi connectivity index (χ2v) is 12.4. The number of pyridine rings is 2. The fourth-order valence-corrected chi connectivity index (χ4v) is 6.95. The number of aromatic nitrogens is 5. The van der Waals surface area contributed by atoms with E-state index in [4.69, 9.17) is 4.42 Å². The molecule has 12 nitrogen and oxygen atoms in total. The summed E-state index contributed by atoms with van der Waals surface area (Å²) in [7, 11) is 0. The third-order valence-electron chi connectivity index (χ3n) is 8.27. The number of thiazole rings is 1. The van der Waals surface area contributed by atoms with E-state index < -0.39 is 30.0 Å². The van der Waals surface area contributed by atoms with Gasteiger partial charge in [-0.1, -0.05) is 48.5 Å². The molecule has 4 aromatic heterocycles. The third-order valence-corrected chi connectivity index (χ3v) is 9.15. The number of urea groups is 1. The number of amides is 3. The van der Waals surface area contributed by atoms with Gasteiger partial charge < -0.3 is 20.2 Å². The van der Waals surface area contributed by atoms with Gasteiger partial charge >= 0.3 is 18.3 Å². The highest BCUT2D eigenvalue weighted by Crippen LogP contribution is 2.48. The van der Waals surface area contributed by atoms with E-state index in [-0.39, 0.29) is 34.1 Å². The summed E-state index contributed by atoms with van der Waals surface area (Å²) in [4.78, 5) is 36.5. The lowest BCUT2D eigenvalue weighted by atomic mass is 9.90. The lowest BCUT2D eigenvalue weighted by Gasteiger charge is -2.19. The second-order valence-electron chi connectivity index (χ2n) is 11.5. The van der Waals surface area contributed by atoms with Crippen LogP contribution in [-0.4, -0.2) is 48.9 Å². The molecular formula is C35H27F3N8O4S. The van der Waals surface area contributed by atoms with Gasteiger partial charge in [0.05, 0.1) is 5.56 Å². The highest BCUT2D eigenvalue weighted by Gasteiger charge is 2.35. The van der Waals surface area contributed by atoms with Crippen molar-refractivity contribution in [3.8, 4) is 44.3 Å². The summed E-state index contributed by atoms with van der Waals surface area (Å²) in [6.45, 7) is 2.09. The number of hydrogen-bond acceptors (Lipinski definition) is 9. The normalized spacial score (nSPS) is 12.9. The molecule has 0 bridgehead atoms. The maximum atomic E-state index is 13.5. The van der Waals surface area contributed by atoms with Crippen molar-refractivity contribution in [2.45, 2.75) is 31.5 Å². The number of fused-ring (bicyclic) bond motifs is 3. The van der Waals surface area contributed by atoms with E-state index in [0.717, 1.165) is 39.0 Å². The zero-order valence-electron chi connectivity index (χ0n) is 26.6. The average Bonchev–Trinajstić information content (AvgIpc) is 3.87. The van der Waals surface area contributed by atoms with Gasteiger partial charge in [0.25, 0.3) is 0 Å². The van der Waals surface area contributed by atoms with Crippen LogP contribution in [0.2, 0.25) is 0 Å². The minimum Gasteiger partial charge on any atom is -0.465 e. The number of nitrogens with zero attached hydrogens (tertiary/aromatic N) is 5. The molecule has 0 fully saturated rings. The van der Waals surface area contributed by atoms with Crippen LogP contribution in [0.1, 0.15) is 48.0 Å². The summed E-state index contributed by atoms with van der Waals surface area (Å²) >= 11 is 0.789.